The van der Waals surface area contributed by atoms with Gasteiger partial charge in [-0.15, -0.1) is 0 Å². The predicted molar refractivity (Wildman–Crippen MR) is 102 cm³/mol. The Balaban J connectivity index is 1.49. The van der Waals surface area contributed by atoms with Crippen LogP contribution in [0.15, 0.2) is 41.2 Å². The van der Waals surface area contributed by atoms with Gasteiger partial charge >= 0.3 is 0 Å². The fraction of sp³-hybridized carbons (Fsp3) is 0.450. The van der Waals surface area contributed by atoms with E-state index in [-0.39, 0.29) is 11.8 Å². The van der Waals surface area contributed by atoms with E-state index in [4.69, 9.17) is 4.42 Å². The van der Waals surface area contributed by atoms with Crippen LogP contribution in [0.3, 0.4) is 0 Å². The second-order valence-corrected chi connectivity index (χ2v) is 7.48. The zero-order valence-electron chi connectivity index (χ0n) is 15.8. The number of carbonyl (C=O) groups excluding carboxylic acids is 1. The molecule has 0 radical (unpaired) electrons. The number of piperidine rings is 1. The van der Waals surface area contributed by atoms with E-state index in [1.165, 1.54) is 0 Å². The summed E-state index contributed by atoms with van der Waals surface area (Å²) in [4.78, 5) is 18.8. The van der Waals surface area contributed by atoms with Crippen LogP contribution in [0.4, 0.5) is 0 Å². The number of nitrogens with one attached hydrogen (secondary N) is 1. The highest BCUT2D eigenvalue weighted by molar-refractivity contribution is 5.78. The summed E-state index contributed by atoms with van der Waals surface area (Å²) < 4.78 is 8.10. The molecule has 142 valence electrons. The van der Waals surface area contributed by atoms with Crippen molar-refractivity contribution in [3.05, 3.63) is 36.8 Å². The molecular formula is C20H25N5O2. The van der Waals surface area contributed by atoms with Gasteiger partial charge in [-0.1, -0.05) is 13.8 Å². The SMILES string of the molecule is CC(C)C(=O)N1CCCC(Cn2ccnc2-c2ccc(-c3ccn[nH]3)o2)C1. The number of carbonyl (C=O) groups is 1. The Kier molecular flexibility index (Phi) is 4.83. The highest BCUT2D eigenvalue weighted by Gasteiger charge is 2.26. The largest absolute Gasteiger partial charge is 0.451 e. The summed E-state index contributed by atoms with van der Waals surface area (Å²) in [5, 5.41) is 6.87. The average Bonchev–Trinajstić information content (AvgIpc) is 3.41. The molecule has 1 aliphatic rings. The lowest BCUT2D eigenvalue weighted by molar-refractivity contribution is -0.136. The van der Waals surface area contributed by atoms with Crippen molar-refractivity contribution >= 4 is 5.91 Å². The first-order valence-electron chi connectivity index (χ1n) is 9.51. The Morgan fingerprint density at radius 3 is 2.93 bits per heavy atom. The van der Waals surface area contributed by atoms with Crippen LogP contribution in [0.2, 0.25) is 0 Å². The Morgan fingerprint density at radius 1 is 1.30 bits per heavy atom. The molecule has 1 unspecified atom stereocenters. The van der Waals surface area contributed by atoms with Crippen LogP contribution in [-0.2, 0) is 11.3 Å². The number of likely N-dealkylation sites (tertiary alicyclic amines) is 1. The van der Waals surface area contributed by atoms with Gasteiger partial charge in [0.05, 0.1) is 0 Å². The Morgan fingerprint density at radius 2 is 2.15 bits per heavy atom. The molecule has 0 aliphatic carbocycles. The normalized spacial score (nSPS) is 17.6. The Labute approximate surface area is 158 Å². The second kappa shape index (κ2) is 7.42. The number of furan rings is 1. The van der Waals surface area contributed by atoms with Crippen molar-refractivity contribution in [2.24, 2.45) is 11.8 Å². The lowest BCUT2D eigenvalue weighted by atomic mass is 9.96. The number of imidazole rings is 1. The molecule has 0 aromatic carbocycles. The number of rotatable bonds is 5. The van der Waals surface area contributed by atoms with E-state index in [9.17, 15) is 4.79 Å². The topological polar surface area (TPSA) is 80.0 Å². The molecule has 7 heteroatoms. The van der Waals surface area contributed by atoms with Crippen LogP contribution in [0.5, 0.6) is 0 Å². The maximum atomic E-state index is 12.3. The minimum Gasteiger partial charge on any atom is -0.451 e. The smallest absolute Gasteiger partial charge is 0.225 e. The van der Waals surface area contributed by atoms with Crippen LogP contribution in [-0.4, -0.2) is 43.6 Å². The van der Waals surface area contributed by atoms with Crippen molar-refractivity contribution < 1.29 is 9.21 Å². The predicted octanol–water partition coefficient (Wildman–Crippen LogP) is 3.43. The quantitative estimate of drug-likeness (QED) is 0.749. The van der Waals surface area contributed by atoms with E-state index in [1.54, 1.807) is 12.4 Å². The Hall–Kier alpha value is -2.83. The molecule has 1 aliphatic heterocycles. The minimum absolute atomic E-state index is 0.0524. The summed E-state index contributed by atoms with van der Waals surface area (Å²) in [5.74, 6) is 3.01. The number of hydrogen-bond donors (Lipinski definition) is 1. The average molecular weight is 367 g/mol. The molecule has 1 N–H and O–H groups in total. The maximum absolute atomic E-state index is 12.3. The summed E-state index contributed by atoms with van der Waals surface area (Å²) in [5.41, 5.74) is 0.842. The fourth-order valence-electron chi connectivity index (χ4n) is 3.74. The van der Waals surface area contributed by atoms with Gasteiger partial charge in [0.15, 0.2) is 17.3 Å². The molecule has 0 bridgehead atoms. The van der Waals surface area contributed by atoms with E-state index in [0.29, 0.717) is 5.92 Å². The van der Waals surface area contributed by atoms with Crippen LogP contribution >= 0.6 is 0 Å². The molecule has 7 nitrogen and oxygen atoms in total. The molecule has 0 saturated carbocycles. The maximum Gasteiger partial charge on any atom is 0.225 e. The molecular weight excluding hydrogens is 342 g/mol. The van der Waals surface area contributed by atoms with Gasteiger partial charge in [-0.2, -0.15) is 5.10 Å². The lowest BCUT2D eigenvalue weighted by Gasteiger charge is -2.34. The monoisotopic (exact) mass is 367 g/mol. The van der Waals surface area contributed by atoms with Crippen molar-refractivity contribution in [3.8, 4) is 23.0 Å². The van der Waals surface area contributed by atoms with Crippen LogP contribution in [0.25, 0.3) is 23.0 Å². The molecule has 4 rings (SSSR count). The van der Waals surface area contributed by atoms with Crippen molar-refractivity contribution in [2.75, 3.05) is 13.1 Å². The van der Waals surface area contributed by atoms with Gasteiger partial charge < -0.3 is 13.9 Å². The first kappa shape index (κ1) is 17.6. The summed E-state index contributed by atoms with van der Waals surface area (Å²) in [7, 11) is 0. The van der Waals surface area contributed by atoms with Crippen LogP contribution < -0.4 is 0 Å². The van der Waals surface area contributed by atoms with E-state index in [0.717, 1.165) is 55.5 Å². The summed E-state index contributed by atoms with van der Waals surface area (Å²) in [6.07, 6.45) is 7.66. The summed E-state index contributed by atoms with van der Waals surface area (Å²) in [6.45, 7) is 6.45. The van der Waals surface area contributed by atoms with Gasteiger partial charge in [0, 0.05) is 44.1 Å². The van der Waals surface area contributed by atoms with Gasteiger partial charge in [0.1, 0.15) is 5.69 Å². The van der Waals surface area contributed by atoms with Gasteiger partial charge in [-0.25, -0.2) is 4.98 Å². The highest BCUT2D eigenvalue weighted by Crippen LogP contribution is 2.28. The molecule has 3 aromatic heterocycles. The summed E-state index contributed by atoms with van der Waals surface area (Å²) in [6, 6.07) is 5.73. The van der Waals surface area contributed by atoms with E-state index in [2.05, 4.69) is 19.7 Å². The molecule has 1 saturated heterocycles. The number of hydrogen-bond acceptors (Lipinski definition) is 4. The van der Waals surface area contributed by atoms with Crippen LogP contribution in [0.1, 0.15) is 26.7 Å². The summed E-state index contributed by atoms with van der Waals surface area (Å²) >= 11 is 0. The van der Waals surface area contributed by atoms with E-state index in [1.807, 2.05) is 43.1 Å². The Bertz CT molecular complexity index is 893. The first-order valence-corrected chi connectivity index (χ1v) is 9.51. The highest BCUT2D eigenvalue weighted by atomic mass is 16.3. The lowest BCUT2D eigenvalue weighted by Crippen LogP contribution is -2.42. The number of amides is 1. The third-order valence-electron chi connectivity index (χ3n) is 5.09. The standard InChI is InChI=1S/C20H25N5O2/c1-14(2)20(26)25-10-3-4-15(13-25)12-24-11-9-21-19(24)18-6-5-17(27-18)16-7-8-22-23-16/h5-9,11,14-15H,3-4,10,12-13H2,1-2H3,(H,22,23). The number of aromatic amines is 1. The van der Waals surface area contributed by atoms with Gasteiger partial charge in [-0.3, -0.25) is 9.89 Å². The molecule has 1 amide bonds. The van der Waals surface area contributed by atoms with Gasteiger partial charge in [0.2, 0.25) is 5.91 Å². The van der Waals surface area contributed by atoms with Crippen LogP contribution in [0, 0.1) is 11.8 Å². The zero-order chi connectivity index (χ0) is 18.8. The molecule has 3 aromatic rings. The molecule has 4 heterocycles. The zero-order valence-corrected chi connectivity index (χ0v) is 15.8. The van der Waals surface area contributed by atoms with Crippen molar-refractivity contribution in [1.82, 2.24) is 24.6 Å². The van der Waals surface area contributed by atoms with Crippen molar-refractivity contribution in [3.63, 3.8) is 0 Å². The third kappa shape index (κ3) is 3.67. The molecule has 27 heavy (non-hydrogen) atoms. The molecule has 1 fully saturated rings. The van der Waals surface area contributed by atoms with Gasteiger partial charge in [-0.05, 0) is 37.0 Å². The first-order chi connectivity index (χ1) is 13.1. The van der Waals surface area contributed by atoms with E-state index < -0.39 is 0 Å². The molecule has 1 atom stereocenters. The minimum atomic E-state index is 0.0524. The number of aromatic nitrogens is 4. The van der Waals surface area contributed by atoms with Gasteiger partial charge in [0.25, 0.3) is 0 Å². The third-order valence-corrected chi connectivity index (χ3v) is 5.09. The number of H-pyrrole nitrogens is 1. The fourth-order valence-corrected chi connectivity index (χ4v) is 3.74. The number of nitrogens with zero attached hydrogens (tertiary/aromatic N) is 4. The second-order valence-electron chi connectivity index (χ2n) is 7.48. The van der Waals surface area contributed by atoms with Crippen molar-refractivity contribution in [2.45, 2.75) is 33.2 Å². The van der Waals surface area contributed by atoms with Crippen molar-refractivity contribution in [1.29, 1.82) is 0 Å². The molecule has 0 spiro atoms. The van der Waals surface area contributed by atoms with E-state index >= 15 is 0 Å².